The van der Waals surface area contributed by atoms with Crippen LogP contribution in [0.25, 0.3) is 0 Å². The van der Waals surface area contributed by atoms with Crippen LogP contribution in [0.3, 0.4) is 0 Å². The van der Waals surface area contributed by atoms with E-state index >= 15 is 0 Å². The Morgan fingerprint density at radius 3 is 2.33 bits per heavy atom. The predicted molar refractivity (Wildman–Crippen MR) is 124 cm³/mol. The zero-order chi connectivity index (χ0) is 21.5. The Balaban J connectivity index is 1.62. The number of carbonyl (C=O) groups excluding carboxylic acids is 2. The van der Waals surface area contributed by atoms with Crippen molar-refractivity contribution in [3.05, 3.63) is 101 Å². The van der Waals surface area contributed by atoms with E-state index in [1.807, 2.05) is 49.4 Å². The number of rotatable bonds is 5. The quantitative estimate of drug-likeness (QED) is 0.605. The molecule has 0 atom stereocenters. The monoisotopic (exact) mass is 417 g/mol. The van der Waals surface area contributed by atoms with Crippen LogP contribution in [-0.4, -0.2) is 28.9 Å². The molecule has 0 fully saturated rings. The SMILES string of the molecule is Cc1cccc(C(=O)NC(=S)Nc2cccc(C(=O)N(C)Cc3ccccc3)c2)c1. The highest BCUT2D eigenvalue weighted by atomic mass is 32.1. The molecule has 0 aliphatic rings. The number of hydrogen-bond acceptors (Lipinski definition) is 3. The van der Waals surface area contributed by atoms with Gasteiger partial charge < -0.3 is 10.2 Å². The van der Waals surface area contributed by atoms with Crippen molar-refractivity contribution in [3.63, 3.8) is 0 Å². The number of nitrogens with one attached hydrogen (secondary N) is 2. The number of carbonyl (C=O) groups is 2. The Morgan fingerprint density at radius 2 is 1.60 bits per heavy atom. The first-order chi connectivity index (χ1) is 14.4. The van der Waals surface area contributed by atoms with E-state index in [2.05, 4.69) is 10.6 Å². The summed E-state index contributed by atoms with van der Waals surface area (Å²) in [5.74, 6) is -0.386. The molecule has 0 heterocycles. The fourth-order valence-corrected chi connectivity index (χ4v) is 3.21. The van der Waals surface area contributed by atoms with E-state index in [9.17, 15) is 9.59 Å². The topological polar surface area (TPSA) is 61.4 Å². The van der Waals surface area contributed by atoms with E-state index in [1.165, 1.54) is 0 Å². The normalized spacial score (nSPS) is 10.2. The van der Waals surface area contributed by atoms with E-state index in [0.717, 1.165) is 11.1 Å². The second kappa shape index (κ2) is 9.80. The van der Waals surface area contributed by atoms with Crippen LogP contribution in [-0.2, 0) is 6.54 Å². The molecule has 152 valence electrons. The van der Waals surface area contributed by atoms with Crippen LogP contribution < -0.4 is 10.6 Å². The minimum atomic E-state index is -0.286. The number of amides is 2. The standard InChI is InChI=1S/C24H23N3O2S/c1-17-8-6-11-19(14-17)22(28)26-24(30)25-21-13-7-12-20(15-21)23(29)27(2)16-18-9-4-3-5-10-18/h3-15H,16H2,1-2H3,(H2,25,26,28,30). The molecule has 6 heteroatoms. The molecule has 0 saturated carbocycles. The first-order valence-corrected chi connectivity index (χ1v) is 9.91. The van der Waals surface area contributed by atoms with Crippen LogP contribution in [0, 0.1) is 6.92 Å². The van der Waals surface area contributed by atoms with Crippen LogP contribution in [0.15, 0.2) is 78.9 Å². The minimum Gasteiger partial charge on any atom is -0.337 e. The lowest BCUT2D eigenvalue weighted by atomic mass is 10.1. The van der Waals surface area contributed by atoms with Crippen molar-refractivity contribution in [1.29, 1.82) is 0 Å². The highest BCUT2D eigenvalue weighted by molar-refractivity contribution is 7.80. The summed E-state index contributed by atoms with van der Waals surface area (Å²) in [5, 5.41) is 5.80. The molecule has 5 nitrogen and oxygen atoms in total. The van der Waals surface area contributed by atoms with Crippen molar-refractivity contribution in [2.24, 2.45) is 0 Å². The zero-order valence-corrected chi connectivity index (χ0v) is 17.7. The summed E-state index contributed by atoms with van der Waals surface area (Å²) in [5.41, 5.74) is 3.75. The number of anilines is 1. The molecule has 2 N–H and O–H groups in total. The first-order valence-electron chi connectivity index (χ1n) is 9.51. The molecule has 3 rings (SSSR count). The highest BCUT2D eigenvalue weighted by Crippen LogP contribution is 2.14. The molecule has 2 amide bonds. The largest absolute Gasteiger partial charge is 0.337 e. The van der Waals surface area contributed by atoms with Gasteiger partial charge in [0, 0.05) is 30.4 Å². The highest BCUT2D eigenvalue weighted by Gasteiger charge is 2.13. The lowest BCUT2D eigenvalue weighted by Gasteiger charge is -2.18. The molecule has 3 aromatic carbocycles. The van der Waals surface area contributed by atoms with Crippen LogP contribution in [0.5, 0.6) is 0 Å². The summed E-state index contributed by atoms with van der Waals surface area (Å²) in [6.07, 6.45) is 0. The van der Waals surface area contributed by atoms with Gasteiger partial charge in [0.2, 0.25) is 0 Å². The van der Waals surface area contributed by atoms with Crippen molar-refractivity contribution in [2.75, 3.05) is 12.4 Å². The molecule has 3 aromatic rings. The van der Waals surface area contributed by atoms with Gasteiger partial charge in [-0.3, -0.25) is 14.9 Å². The lowest BCUT2D eigenvalue weighted by Crippen LogP contribution is -2.34. The Bertz CT molecular complexity index is 1070. The maximum Gasteiger partial charge on any atom is 0.257 e. The van der Waals surface area contributed by atoms with Gasteiger partial charge in [0.05, 0.1) is 0 Å². The van der Waals surface area contributed by atoms with E-state index in [0.29, 0.717) is 23.4 Å². The smallest absolute Gasteiger partial charge is 0.257 e. The molecular formula is C24H23N3O2S. The van der Waals surface area contributed by atoms with Crippen molar-refractivity contribution in [2.45, 2.75) is 13.5 Å². The van der Waals surface area contributed by atoms with Crippen molar-refractivity contribution in [1.82, 2.24) is 10.2 Å². The van der Waals surface area contributed by atoms with Crippen LogP contribution in [0.4, 0.5) is 5.69 Å². The molecule has 30 heavy (non-hydrogen) atoms. The summed E-state index contributed by atoms with van der Waals surface area (Å²) in [4.78, 5) is 26.8. The minimum absolute atomic E-state index is 0.0998. The van der Waals surface area contributed by atoms with Gasteiger partial charge in [-0.25, -0.2) is 0 Å². The van der Waals surface area contributed by atoms with E-state index in [-0.39, 0.29) is 16.9 Å². The average Bonchev–Trinajstić information content (AvgIpc) is 2.74. The molecule has 0 aliphatic carbocycles. The first kappa shape index (κ1) is 21.2. The Hall–Kier alpha value is -3.51. The molecule has 0 aromatic heterocycles. The van der Waals surface area contributed by atoms with Crippen LogP contribution >= 0.6 is 12.2 Å². The molecular weight excluding hydrogens is 394 g/mol. The van der Waals surface area contributed by atoms with Gasteiger partial charge in [0.15, 0.2) is 5.11 Å². The van der Waals surface area contributed by atoms with Crippen molar-refractivity contribution in [3.8, 4) is 0 Å². The third kappa shape index (κ3) is 5.75. The maximum atomic E-state index is 12.8. The van der Waals surface area contributed by atoms with Gasteiger partial charge >= 0.3 is 0 Å². The summed E-state index contributed by atoms with van der Waals surface area (Å²) in [6.45, 7) is 2.44. The zero-order valence-electron chi connectivity index (χ0n) is 16.9. The van der Waals surface area contributed by atoms with Gasteiger partial charge in [-0.1, -0.05) is 54.1 Å². The summed E-state index contributed by atoms with van der Waals surface area (Å²) in [7, 11) is 1.77. The third-order valence-electron chi connectivity index (χ3n) is 4.48. The predicted octanol–water partition coefficient (Wildman–Crippen LogP) is 4.39. The molecule has 0 aliphatic heterocycles. The Kier molecular flexibility index (Phi) is 6.93. The number of nitrogens with zero attached hydrogens (tertiary/aromatic N) is 1. The van der Waals surface area contributed by atoms with E-state index in [4.69, 9.17) is 12.2 Å². The summed E-state index contributed by atoms with van der Waals surface area (Å²) in [6, 6.07) is 24.1. The van der Waals surface area contributed by atoms with Crippen LogP contribution in [0.2, 0.25) is 0 Å². The molecule has 0 unspecified atom stereocenters. The second-order valence-corrected chi connectivity index (χ2v) is 7.41. The number of aryl methyl sites for hydroxylation is 1. The molecule has 0 spiro atoms. The van der Waals surface area contributed by atoms with E-state index in [1.54, 1.807) is 48.3 Å². The van der Waals surface area contributed by atoms with Crippen molar-refractivity contribution >= 4 is 34.8 Å². The van der Waals surface area contributed by atoms with Crippen molar-refractivity contribution < 1.29 is 9.59 Å². The third-order valence-corrected chi connectivity index (χ3v) is 4.69. The van der Waals surface area contributed by atoms with E-state index < -0.39 is 0 Å². The Labute approximate surface area is 181 Å². The number of thiocarbonyl (C=S) groups is 1. The summed E-state index contributed by atoms with van der Waals surface area (Å²) >= 11 is 5.25. The van der Waals surface area contributed by atoms with Gasteiger partial charge in [-0.05, 0) is 55.0 Å². The lowest BCUT2D eigenvalue weighted by molar-refractivity contribution is 0.0785. The number of hydrogen-bond donors (Lipinski definition) is 2. The van der Waals surface area contributed by atoms with Gasteiger partial charge in [-0.2, -0.15) is 0 Å². The molecule has 0 bridgehead atoms. The fourth-order valence-electron chi connectivity index (χ4n) is 3.00. The Morgan fingerprint density at radius 1 is 0.900 bits per heavy atom. The number of benzene rings is 3. The maximum absolute atomic E-state index is 12.8. The van der Waals surface area contributed by atoms with Gasteiger partial charge in [0.1, 0.15) is 0 Å². The fraction of sp³-hybridized carbons (Fsp3) is 0.125. The van der Waals surface area contributed by atoms with Crippen LogP contribution in [0.1, 0.15) is 31.8 Å². The van der Waals surface area contributed by atoms with Gasteiger partial charge in [0.25, 0.3) is 11.8 Å². The second-order valence-electron chi connectivity index (χ2n) is 7.01. The molecule has 0 radical (unpaired) electrons. The molecule has 0 saturated heterocycles. The summed E-state index contributed by atoms with van der Waals surface area (Å²) < 4.78 is 0. The average molecular weight is 418 g/mol. The van der Waals surface area contributed by atoms with Gasteiger partial charge in [-0.15, -0.1) is 0 Å².